The molecular formula is C27H21ClN2O5. The van der Waals surface area contributed by atoms with Crippen LogP contribution in [0.15, 0.2) is 77.5 Å². The summed E-state index contributed by atoms with van der Waals surface area (Å²) in [6, 6.07) is 17.8. The molecule has 0 aromatic heterocycles. The van der Waals surface area contributed by atoms with Gasteiger partial charge in [-0.15, -0.1) is 0 Å². The molecule has 0 radical (unpaired) electrons. The number of halogens is 1. The van der Waals surface area contributed by atoms with Gasteiger partial charge in [-0.3, -0.25) is 14.4 Å². The number of benzene rings is 3. The van der Waals surface area contributed by atoms with E-state index < -0.39 is 17.8 Å². The van der Waals surface area contributed by atoms with Crippen LogP contribution < -0.4 is 15.0 Å². The van der Waals surface area contributed by atoms with E-state index in [0.29, 0.717) is 22.7 Å². The minimum atomic E-state index is -0.609. The van der Waals surface area contributed by atoms with Crippen molar-refractivity contribution in [3.63, 3.8) is 0 Å². The van der Waals surface area contributed by atoms with E-state index in [0.717, 1.165) is 16.0 Å². The zero-order valence-corrected chi connectivity index (χ0v) is 20.0. The summed E-state index contributed by atoms with van der Waals surface area (Å²) in [6.45, 7) is 5.19. The zero-order valence-electron chi connectivity index (χ0n) is 19.2. The predicted octanol–water partition coefficient (Wildman–Crippen LogP) is 5.16. The Bertz CT molecular complexity index is 1390. The van der Waals surface area contributed by atoms with Gasteiger partial charge in [-0.25, -0.2) is 9.69 Å². The molecule has 176 valence electrons. The summed E-state index contributed by atoms with van der Waals surface area (Å²) in [5.74, 6) is -1.54. The molecule has 7 nitrogen and oxygen atoms in total. The molecular weight excluding hydrogens is 468 g/mol. The number of ketones is 1. The molecule has 0 saturated heterocycles. The lowest BCUT2D eigenvalue weighted by atomic mass is 10.1. The number of aryl methyl sites for hydroxylation is 2. The number of hydrogen-bond donors (Lipinski definition) is 1. The Kier molecular flexibility index (Phi) is 6.53. The van der Waals surface area contributed by atoms with Crippen molar-refractivity contribution in [2.24, 2.45) is 0 Å². The van der Waals surface area contributed by atoms with Crippen LogP contribution in [0.25, 0.3) is 0 Å². The summed E-state index contributed by atoms with van der Waals surface area (Å²) in [7, 11) is 0. The molecule has 35 heavy (non-hydrogen) atoms. The molecule has 3 aromatic carbocycles. The van der Waals surface area contributed by atoms with Crippen LogP contribution in [0.2, 0.25) is 0 Å². The Morgan fingerprint density at radius 1 is 0.857 bits per heavy atom. The fraction of sp³-hybridized carbons (Fsp3) is 0.111. The molecule has 4 rings (SSSR count). The molecule has 0 aliphatic carbocycles. The van der Waals surface area contributed by atoms with E-state index in [2.05, 4.69) is 5.32 Å². The van der Waals surface area contributed by atoms with Crippen LogP contribution >= 0.6 is 11.6 Å². The fourth-order valence-electron chi connectivity index (χ4n) is 3.64. The van der Waals surface area contributed by atoms with E-state index in [1.54, 1.807) is 42.5 Å². The topological polar surface area (TPSA) is 92.8 Å². The van der Waals surface area contributed by atoms with Crippen LogP contribution in [-0.4, -0.2) is 23.6 Å². The molecule has 0 fully saturated rings. The van der Waals surface area contributed by atoms with Gasteiger partial charge < -0.3 is 10.1 Å². The quantitative estimate of drug-likeness (QED) is 0.223. The molecule has 1 N–H and O–H groups in total. The van der Waals surface area contributed by atoms with Gasteiger partial charge in [-0.1, -0.05) is 29.3 Å². The number of amides is 2. The number of hydrogen-bond acceptors (Lipinski definition) is 6. The average Bonchev–Trinajstić information content (AvgIpc) is 3.03. The number of nitrogens with zero attached hydrogens (tertiary/aromatic N) is 1. The van der Waals surface area contributed by atoms with Crippen molar-refractivity contribution in [2.75, 3.05) is 10.2 Å². The number of ether oxygens (including phenoxy) is 1. The first-order chi connectivity index (χ1) is 16.7. The summed E-state index contributed by atoms with van der Waals surface area (Å²) < 4.78 is 5.33. The first kappa shape index (κ1) is 23.9. The molecule has 0 bridgehead atoms. The van der Waals surface area contributed by atoms with Gasteiger partial charge in [0, 0.05) is 11.3 Å². The van der Waals surface area contributed by atoms with Crippen molar-refractivity contribution >= 4 is 46.5 Å². The van der Waals surface area contributed by atoms with Gasteiger partial charge in [0.1, 0.15) is 16.5 Å². The van der Waals surface area contributed by atoms with Gasteiger partial charge in [-0.05, 0) is 80.9 Å². The van der Waals surface area contributed by atoms with Gasteiger partial charge in [-0.2, -0.15) is 0 Å². The highest BCUT2D eigenvalue weighted by atomic mass is 35.5. The SMILES string of the molecule is CC(=O)c1ccc(OC(=O)c2ccc(NC3=C(Cl)C(=O)N(c4ccc(C)cc4C)C3=O)cc2)cc1. The predicted molar refractivity (Wildman–Crippen MR) is 133 cm³/mol. The highest BCUT2D eigenvalue weighted by Crippen LogP contribution is 2.32. The molecule has 1 heterocycles. The first-order valence-electron chi connectivity index (χ1n) is 10.7. The van der Waals surface area contributed by atoms with Crippen molar-refractivity contribution in [2.45, 2.75) is 20.8 Å². The monoisotopic (exact) mass is 488 g/mol. The second-order valence-corrected chi connectivity index (χ2v) is 8.48. The van der Waals surface area contributed by atoms with Gasteiger partial charge >= 0.3 is 5.97 Å². The third-order valence-electron chi connectivity index (χ3n) is 5.48. The standard InChI is InChI=1S/C27H21ClN2O5/c1-15-4-13-22(16(2)14-15)30-25(32)23(28)24(26(30)33)29-20-9-5-19(6-10-20)27(34)35-21-11-7-18(8-12-21)17(3)31/h4-14,29H,1-3H3. The molecule has 0 atom stereocenters. The number of carbonyl (C=O) groups excluding carboxylic acids is 4. The highest BCUT2D eigenvalue weighted by molar-refractivity contribution is 6.53. The zero-order chi connectivity index (χ0) is 25.3. The highest BCUT2D eigenvalue weighted by Gasteiger charge is 2.39. The number of imide groups is 1. The molecule has 1 aliphatic heterocycles. The summed E-state index contributed by atoms with van der Waals surface area (Å²) in [4.78, 5) is 50.6. The lowest BCUT2D eigenvalue weighted by Gasteiger charge is -2.18. The normalized spacial score (nSPS) is 13.3. The summed E-state index contributed by atoms with van der Waals surface area (Å²) >= 11 is 6.21. The summed E-state index contributed by atoms with van der Waals surface area (Å²) in [5, 5.41) is 2.67. The van der Waals surface area contributed by atoms with Gasteiger partial charge in [0.2, 0.25) is 0 Å². The van der Waals surface area contributed by atoms with E-state index in [4.69, 9.17) is 16.3 Å². The lowest BCUT2D eigenvalue weighted by molar-refractivity contribution is -0.120. The Morgan fingerprint density at radius 2 is 1.49 bits per heavy atom. The van der Waals surface area contributed by atoms with Gasteiger partial charge in [0.25, 0.3) is 11.8 Å². The van der Waals surface area contributed by atoms with Crippen LogP contribution in [-0.2, 0) is 9.59 Å². The number of Topliss-reactive ketones (excluding diaryl/α,β-unsaturated/α-hetero) is 1. The van der Waals surface area contributed by atoms with Crippen LogP contribution in [0.1, 0.15) is 38.8 Å². The minimum Gasteiger partial charge on any atom is -0.423 e. The number of esters is 1. The number of carbonyl (C=O) groups is 4. The molecule has 0 unspecified atom stereocenters. The van der Waals surface area contributed by atoms with Crippen molar-refractivity contribution < 1.29 is 23.9 Å². The van der Waals surface area contributed by atoms with Crippen molar-refractivity contribution in [1.29, 1.82) is 0 Å². The minimum absolute atomic E-state index is 0.0440. The molecule has 0 saturated carbocycles. The molecule has 3 aromatic rings. The van der Waals surface area contributed by atoms with Gasteiger partial charge in [0.15, 0.2) is 5.78 Å². The number of anilines is 2. The smallest absolute Gasteiger partial charge is 0.343 e. The van der Waals surface area contributed by atoms with E-state index in [1.807, 2.05) is 26.0 Å². The van der Waals surface area contributed by atoms with Crippen LogP contribution in [0, 0.1) is 13.8 Å². The first-order valence-corrected chi connectivity index (χ1v) is 11.1. The molecule has 0 spiro atoms. The van der Waals surface area contributed by atoms with E-state index in [-0.39, 0.29) is 22.1 Å². The maximum absolute atomic E-state index is 13.0. The summed E-state index contributed by atoms with van der Waals surface area (Å²) in [6.07, 6.45) is 0. The van der Waals surface area contributed by atoms with E-state index >= 15 is 0 Å². The van der Waals surface area contributed by atoms with Crippen molar-refractivity contribution in [3.05, 3.63) is 99.7 Å². The molecule has 8 heteroatoms. The maximum Gasteiger partial charge on any atom is 0.343 e. The maximum atomic E-state index is 13.0. The van der Waals surface area contributed by atoms with Crippen LogP contribution in [0.4, 0.5) is 11.4 Å². The summed E-state index contributed by atoms with van der Waals surface area (Å²) in [5.41, 5.74) is 3.46. The largest absolute Gasteiger partial charge is 0.423 e. The second kappa shape index (κ2) is 9.56. The Balaban J connectivity index is 1.47. The van der Waals surface area contributed by atoms with E-state index in [1.165, 1.54) is 19.1 Å². The average molecular weight is 489 g/mol. The number of rotatable bonds is 6. The van der Waals surface area contributed by atoms with Crippen LogP contribution in [0.3, 0.4) is 0 Å². The van der Waals surface area contributed by atoms with Gasteiger partial charge in [0.05, 0.1) is 11.3 Å². The van der Waals surface area contributed by atoms with Crippen molar-refractivity contribution in [3.8, 4) is 5.75 Å². The van der Waals surface area contributed by atoms with Crippen LogP contribution in [0.5, 0.6) is 5.75 Å². The molecule has 1 aliphatic rings. The third kappa shape index (κ3) is 4.85. The lowest BCUT2D eigenvalue weighted by Crippen LogP contribution is -2.32. The Labute approximate surface area is 207 Å². The Morgan fingerprint density at radius 3 is 2.09 bits per heavy atom. The Hall–Kier alpha value is -4.23. The molecule has 2 amide bonds. The van der Waals surface area contributed by atoms with Crippen molar-refractivity contribution in [1.82, 2.24) is 0 Å². The number of nitrogens with one attached hydrogen (secondary N) is 1. The fourth-order valence-corrected chi connectivity index (χ4v) is 3.86. The second-order valence-electron chi connectivity index (χ2n) is 8.10. The van der Waals surface area contributed by atoms with E-state index in [9.17, 15) is 19.2 Å². The third-order valence-corrected chi connectivity index (χ3v) is 5.83.